The molecule has 6 nitrogen and oxygen atoms in total. The fraction of sp³-hybridized carbons (Fsp3) is 0.115. The van der Waals surface area contributed by atoms with Crippen molar-refractivity contribution < 1.29 is 18.9 Å². The zero-order valence-electron chi connectivity index (χ0n) is 18.1. The fourth-order valence-corrected chi connectivity index (χ4v) is 4.73. The third kappa shape index (κ3) is 4.15. The van der Waals surface area contributed by atoms with Gasteiger partial charge in [0, 0.05) is 17.2 Å². The first-order chi connectivity index (χ1) is 15.8. The highest BCUT2D eigenvalue weighted by molar-refractivity contribution is 7.84. The van der Waals surface area contributed by atoms with E-state index < -0.39 is 28.2 Å². The number of nitrogens with zero attached hydrogens (tertiary/aromatic N) is 1. The van der Waals surface area contributed by atoms with Gasteiger partial charge in [0.25, 0.3) is 5.91 Å². The van der Waals surface area contributed by atoms with Crippen LogP contribution in [0.2, 0.25) is 0 Å². The lowest BCUT2D eigenvalue weighted by Gasteiger charge is -2.27. The number of amides is 1. The molecule has 2 atom stereocenters. The molecule has 0 radical (unpaired) electrons. The Labute approximate surface area is 193 Å². The molecular formula is C26H22N2O4S. The van der Waals surface area contributed by atoms with E-state index in [1.807, 2.05) is 30.3 Å². The van der Waals surface area contributed by atoms with Gasteiger partial charge in [-0.25, -0.2) is 9.78 Å². The van der Waals surface area contributed by atoms with Crippen molar-refractivity contribution in [1.82, 2.24) is 10.3 Å². The first-order valence-electron chi connectivity index (χ1n) is 10.3. The molecule has 4 aromatic rings. The van der Waals surface area contributed by atoms with E-state index in [4.69, 9.17) is 4.98 Å². The molecule has 7 heteroatoms. The minimum atomic E-state index is -1.69. The molecule has 0 aliphatic carbocycles. The Morgan fingerprint density at radius 3 is 2.09 bits per heavy atom. The van der Waals surface area contributed by atoms with Gasteiger partial charge in [-0.05, 0) is 18.6 Å². The predicted molar refractivity (Wildman–Crippen MR) is 128 cm³/mol. The molecule has 1 unspecified atom stereocenters. The predicted octanol–water partition coefficient (Wildman–Crippen LogP) is 4.37. The van der Waals surface area contributed by atoms with Crippen LogP contribution in [0.3, 0.4) is 0 Å². The summed E-state index contributed by atoms with van der Waals surface area (Å²) in [4.78, 5) is 31.0. The Morgan fingerprint density at radius 1 is 0.909 bits per heavy atom. The van der Waals surface area contributed by atoms with Crippen LogP contribution in [0.5, 0.6) is 0 Å². The normalized spacial score (nSPS) is 13.8. The minimum absolute atomic E-state index is 0.156. The van der Waals surface area contributed by atoms with E-state index in [-0.39, 0.29) is 10.5 Å². The van der Waals surface area contributed by atoms with Gasteiger partial charge in [-0.1, -0.05) is 78.9 Å². The molecule has 0 aliphatic rings. The van der Waals surface area contributed by atoms with E-state index in [9.17, 15) is 18.9 Å². The maximum absolute atomic E-state index is 13.7. The smallest absolute Gasteiger partial charge is 0.333 e. The van der Waals surface area contributed by atoms with E-state index in [1.165, 1.54) is 13.2 Å². The number of fused-ring (bicyclic) bond motifs is 1. The van der Waals surface area contributed by atoms with E-state index in [0.29, 0.717) is 27.7 Å². The lowest BCUT2D eigenvalue weighted by molar-refractivity contribution is -0.144. The monoisotopic (exact) mass is 458 g/mol. The highest BCUT2D eigenvalue weighted by Gasteiger charge is 2.38. The van der Waals surface area contributed by atoms with E-state index >= 15 is 0 Å². The second-order valence-electron chi connectivity index (χ2n) is 7.75. The Kier molecular flexibility index (Phi) is 6.07. The zero-order valence-corrected chi connectivity index (χ0v) is 18.9. The molecular weight excluding hydrogens is 436 g/mol. The molecule has 4 rings (SSSR count). The molecule has 1 aromatic heterocycles. The number of carbonyl (C=O) groups excluding carboxylic acids is 1. The second-order valence-corrected chi connectivity index (χ2v) is 9.07. The number of carboxylic acid groups (broad SMARTS) is 1. The topological polar surface area (TPSA) is 96.4 Å². The summed E-state index contributed by atoms with van der Waals surface area (Å²) in [6.07, 6.45) is 1.49. The average molecular weight is 459 g/mol. The Bertz CT molecular complexity index is 1370. The molecule has 166 valence electrons. The lowest BCUT2D eigenvalue weighted by Crippen LogP contribution is -2.49. The highest BCUT2D eigenvalue weighted by Crippen LogP contribution is 2.33. The van der Waals surface area contributed by atoms with E-state index in [2.05, 4.69) is 5.32 Å². The van der Waals surface area contributed by atoms with Crippen molar-refractivity contribution in [2.45, 2.75) is 17.4 Å². The molecule has 3 aromatic carbocycles. The number of carbonyl (C=O) groups is 2. The number of hydrogen-bond donors (Lipinski definition) is 2. The summed E-state index contributed by atoms with van der Waals surface area (Å²) in [5, 5.41) is 13.2. The van der Waals surface area contributed by atoms with Crippen LogP contribution in [0.4, 0.5) is 0 Å². The van der Waals surface area contributed by atoms with Crippen LogP contribution in [0.1, 0.15) is 22.8 Å². The van der Waals surface area contributed by atoms with Gasteiger partial charge in [-0.3, -0.25) is 9.00 Å². The summed E-state index contributed by atoms with van der Waals surface area (Å²) in [6.45, 7) is 1.44. The Hall–Kier alpha value is -3.84. The van der Waals surface area contributed by atoms with Crippen LogP contribution in [0, 0.1) is 0 Å². The lowest BCUT2D eigenvalue weighted by atomic mass is 9.91. The molecule has 33 heavy (non-hydrogen) atoms. The zero-order chi connectivity index (χ0) is 23.6. The standard InChI is InChI=1S/C26H22N2O4S/c1-26(25(30)31,18-13-7-4-8-14-18)28-24(29)21-19-15-9-10-16-20(19)27-22(23(21)33(2)32)17-11-5-3-6-12-17/h3-16H,1-2H3,(H,28,29)(H,30,31)/t26-,33?/m1/s1. The first kappa shape index (κ1) is 22.4. The van der Waals surface area contributed by atoms with Crippen molar-refractivity contribution in [2.24, 2.45) is 0 Å². The SMILES string of the molecule is CS(=O)c1c(-c2ccccc2)nc2ccccc2c1C(=O)N[C@@](C)(C(=O)O)c1ccccc1. The third-order valence-electron chi connectivity index (χ3n) is 5.55. The van der Waals surface area contributed by atoms with Crippen molar-refractivity contribution in [2.75, 3.05) is 6.26 Å². The van der Waals surface area contributed by atoms with Gasteiger partial charge in [0.05, 0.1) is 32.5 Å². The van der Waals surface area contributed by atoms with Crippen LogP contribution >= 0.6 is 0 Å². The van der Waals surface area contributed by atoms with Gasteiger partial charge in [-0.2, -0.15) is 0 Å². The maximum Gasteiger partial charge on any atom is 0.333 e. The van der Waals surface area contributed by atoms with E-state index in [0.717, 1.165) is 0 Å². The second kappa shape index (κ2) is 8.96. The van der Waals surface area contributed by atoms with Crippen LogP contribution < -0.4 is 5.32 Å². The molecule has 1 amide bonds. The van der Waals surface area contributed by atoms with Crippen LogP contribution in [-0.2, 0) is 21.1 Å². The number of aromatic nitrogens is 1. The number of benzene rings is 3. The summed E-state index contributed by atoms with van der Waals surface area (Å²) in [7, 11) is -1.58. The summed E-state index contributed by atoms with van der Waals surface area (Å²) in [5.74, 6) is -1.84. The third-order valence-corrected chi connectivity index (χ3v) is 6.52. The van der Waals surface area contributed by atoms with Gasteiger partial charge in [0.2, 0.25) is 0 Å². The van der Waals surface area contributed by atoms with Crippen LogP contribution in [0.15, 0.2) is 89.8 Å². The molecule has 0 saturated heterocycles. The fourth-order valence-electron chi connectivity index (χ4n) is 3.80. The van der Waals surface area contributed by atoms with Gasteiger partial charge >= 0.3 is 5.97 Å². The van der Waals surface area contributed by atoms with Crippen molar-refractivity contribution >= 4 is 33.6 Å². The Balaban J connectivity index is 1.96. The highest BCUT2D eigenvalue weighted by atomic mass is 32.2. The first-order valence-corrected chi connectivity index (χ1v) is 11.8. The maximum atomic E-state index is 13.7. The van der Waals surface area contributed by atoms with Crippen molar-refractivity contribution in [3.8, 4) is 11.3 Å². The molecule has 0 bridgehead atoms. The van der Waals surface area contributed by atoms with Gasteiger partial charge in [0.1, 0.15) is 0 Å². The molecule has 0 aliphatic heterocycles. The van der Waals surface area contributed by atoms with Crippen LogP contribution in [0.25, 0.3) is 22.2 Å². The number of aliphatic carboxylic acids is 1. The molecule has 0 fully saturated rings. The summed E-state index contributed by atoms with van der Waals surface area (Å²) < 4.78 is 13.0. The summed E-state index contributed by atoms with van der Waals surface area (Å²) in [6, 6.07) is 24.8. The van der Waals surface area contributed by atoms with Gasteiger partial charge < -0.3 is 10.4 Å². The largest absolute Gasteiger partial charge is 0.479 e. The number of para-hydroxylation sites is 1. The molecule has 2 N–H and O–H groups in total. The Morgan fingerprint density at radius 2 is 1.48 bits per heavy atom. The number of nitrogens with one attached hydrogen (secondary N) is 1. The number of hydrogen-bond acceptors (Lipinski definition) is 4. The molecule has 1 heterocycles. The van der Waals surface area contributed by atoms with Crippen molar-refractivity contribution in [3.63, 3.8) is 0 Å². The summed E-state index contributed by atoms with van der Waals surface area (Å²) >= 11 is 0. The van der Waals surface area contributed by atoms with Gasteiger partial charge in [0.15, 0.2) is 5.54 Å². The van der Waals surface area contributed by atoms with Crippen LogP contribution in [-0.4, -0.2) is 32.4 Å². The van der Waals surface area contributed by atoms with Crippen molar-refractivity contribution in [3.05, 3.63) is 96.1 Å². The molecule has 0 saturated carbocycles. The number of rotatable bonds is 6. The van der Waals surface area contributed by atoms with E-state index in [1.54, 1.807) is 54.6 Å². The minimum Gasteiger partial charge on any atom is -0.479 e. The quantitative estimate of drug-likeness (QED) is 0.447. The summed E-state index contributed by atoms with van der Waals surface area (Å²) in [5.41, 5.74) is 0.577. The van der Waals surface area contributed by atoms with Gasteiger partial charge in [-0.15, -0.1) is 0 Å². The number of pyridine rings is 1. The molecule has 0 spiro atoms. The average Bonchev–Trinajstić information content (AvgIpc) is 2.83. The van der Waals surface area contributed by atoms with Crippen molar-refractivity contribution in [1.29, 1.82) is 0 Å². The number of carboxylic acids is 1.